The normalized spacial score (nSPS) is 12.1. The molecule has 3 aromatic rings. The molecule has 0 aliphatic heterocycles. The highest BCUT2D eigenvalue weighted by Gasteiger charge is 2.15. The molecule has 1 heterocycles. The van der Waals surface area contributed by atoms with Crippen molar-refractivity contribution >= 4 is 33.4 Å². The Kier molecular flexibility index (Phi) is 5.89. The van der Waals surface area contributed by atoms with E-state index in [1.165, 1.54) is 12.1 Å². The Morgan fingerprint density at radius 3 is 2.71 bits per heavy atom. The van der Waals surface area contributed by atoms with E-state index in [0.29, 0.717) is 17.0 Å². The summed E-state index contributed by atoms with van der Waals surface area (Å²) >= 11 is 0. The van der Waals surface area contributed by atoms with Gasteiger partial charge in [0.05, 0.1) is 21.7 Å². The van der Waals surface area contributed by atoms with Crippen LogP contribution in [0.25, 0.3) is 11.0 Å². The number of carboxylic acids is 1. The smallest absolute Gasteiger partial charge is 0.337 e. The molecule has 0 aliphatic rings. The van der Waals surface area contributed by atoms with Gasteiger partial charge in [-0.15, -0.1) is 0 Å². The van der Waals surface area contributed by atoms with Gasteiger partial charge in [0, 0.05) is 29.6 Å². The summed E-state index contributed by atoms with van der Waals surface area (Å²) < 4.78 is 31.7. The van der Waals surface area contributed by atoms with Crippen molar-refractivity contribution in [2.45, 2.75) is 18.4 Å². The molecule has 0 saturated carbocycles. The fourth-order valence-electron chi connectivity index (χ4n) is 2.86. The van der Waals surface area contributed by atoms with E-state index in [-0.39, 0.29) is 34.6 Å². The molecule has 0 bridgehead atoms. The van der Waals surface area contributed by atoms with Crippen molar-refractivity contribution in [1.82, 2.24) is 0 Å². The van der Waals surface area contributed by atoms with Crippen LogP contribution in [-0.4, -0.2) is 27.6 Å². The number of hydrogen-bond donors (Lipinski definition) is 2. The maximum Gasteiger partial charge on any atom is 0.337 e. The number of benzene rings is 2. The fraction of sp³-hybridized carbons (Fsp3) is 0.200. The summed E-state index contributed by atoms with van der Waals surface area (Å²) in [6.07, 6.45) is 0.271. The molecule has 0 fully saturated rings. The standard InChI is InChI=1S/C20H18FNO5S/c1-2-28(26)18-11-17(23)15-10-13(21)9-12(19(15)27-18)7-8-22-16-6-4-3-5-14(16)20(24)25/h3-6,9-11,22H,2,7-8H2,1H3,(H,24,25)/t28-/m0/s1. The summed E-state index contributed by atoms with van der Waals surface area (Å²) in [4.78, 5) is 23.6. The second-order valence-corrected chi connectivity index (χ2v) is 7.70. The maximum atomic E-state index is 14.0. The Hall–Kier alpha value is -3.00. The molecule has 6 nitrogen and oxygen atoms in total. The average molecular weight is 403 g/mol. The summed E-state index contributed by atoms with van der Waals surface area (Å²) in [5.41, 5.74) is 0.730. The number of anilines is 1. The number of carboxylic acid groups (broad SMARTS) is 1. The molecule has 8 heteroatoms. The number of carbonyl (C=O) groups is 1. The third-order valence-electron chi connectivity index (χ3n) is 4.20. The highest BCUT2D eigenvalue weighted by Crippen LogP contribution is 2.22. The first-order chi connectivity index (χ1) is 13.4. The number of halogens is 1. The molecule has 0 unspecified atom stereocenters. The van der Waals surface area contributed by atoms with Crippen molar-refractivity contribution in [3.63, 3.8) is 0 Å². The van der Waals surface area contributed by atoms with Crippen molar-refractivity contribution in [1.29, 1.82) is 0 Å². The molecule has 0 radical (unpaired) electrons. The second-order valence-electron chi connectivity index (χ2n) is 6.03. The molecule has 28 heavy (non-hydrogen) atoms. The molecule has 0 spiro atoms. The van der Waals surface area contributed by atoms with Gasteiger partial charge in [-0.25, -0.2) is 9.18 Å². The largest absolute Gasteiger partial charge is 0.478 e. The van der Waals surface area contributed by atoms with E-state index in [1.807, 2.05) is 0 Å². The van der Waals surface area contributed by atoms with E-state index in [1.54, 1.807) is 25.1 Å². The first kappa shape index (κ1) is 19.8. The van der Waals surface area contributed by atoms with Gasteiger partial charge in [0.15, 0.2) is 10.5 Å². The first-order valence-electron chi connectivity index (χ1n) is 8.61. The van der Waals surface area contributed by atoms with E-state index in [4.69, 9.17) is 4.42 Å². The van der Waals surface area contributed by atoms with Crippen molar-refractivity contribution < 1.29 is 22.9 Å². The topological polar surface area (TPSA) is 96.6 Å². The van der Waals surface area contributed by atoms with Crippen LogP contribution in [-0.2, 0) is 17.2 Å². The Labute approximate surface area is 162 Å². The minimum absolute atomic E-state index is 0.0528. The Morgan fingerprint density at radius 1 is 1.25 bits per heavy atom. The molecular weight excluding hydrogens is 385 g/mol. The van der Waals surface area contributed by atoms with Gasteiger partial charge >= 0.3 is 5.97 Å². The van der Waals surface area contributed by atoms with Crippen LogP contribution in [0.15, 0.2) is 56.8 Å². The van der Waals surface area contributed by atoms with E-state index in [2.05, 4.69) is 5.32 Å². The van der Waals surface area contributed by atoms with Crippen molar-refractivity contribution in [2.24, 2.45) is 0 Å². The summed E-state index contributed by atoms with van der Waals surface area (Å²) in [6.45, 7) is 1.99. The zero-order chi connectivity index (χ0) is 20.3. The Bertz CT molecular complexity index is 1130. The van der Waals surface area contributed by atoms with Gasteiger partial charge in [-0.2, -0.15) is 0 Å². The Morgan fingerprint density at radius 2 is 2.00 bits per heavy atom. The minimum atomic E-state index is -1.46. The molecule has 2 N–H and O–H groups in total. The molecule has 1 aromatic heterocycles. The van der Waals surface area contributed by atoms with E-state index < -0.39 is 28.0 Å². The summed E-state index contributed by atoms with van der Waals surface area (Å²) in [7, 11) is -1.46. The predicted octanol–water partition coefficient (Wildman–Crippen LogP) is 3.41. The Balaban J connectivity index is 1.92. The van der Waals surface area contributed by atoms with Crippen LogP contribution in [0.4, 0.5) is 10.1 Å². The van der Waals surface area contributed by atoms with E-state index in [0.717, 1.165) is 12.1 Å². The maximum absolute atomic E-state index is 14.0. The fourth-order valence-corrected chi connectivity index (χ4v) is 3.56. The number of rotatable bonds is 7. The number of fused-ring (bicyclic) bond motifs is 1. The van der Waals surface area contributed by atoms with Crippen molar-refractivity contribution in [3.8, 4) is 0 Å². The lowest BCUT2D eigenvalue weighted by atomic mass is 10.1. The zero-order valence-electron chi connectivity index (χ0n) is 15.0. The summed E-state index contributed by atoms with van der Waals surface area (Å²) in [5.74, 6) is -1.35. The molecule has 3 rings (SSSR count). The van der Waals surface area contributed by atoms with E-state index in [9.17, 15) is 23.3 Å². The lowest BCUT2D eigenvalue weighted by Gasteiger charge is -2.11. The van der Waals surface area contributed by atoms with Crippen LogP contribution in [0.1, 0.15) is 22.8 Å². The molecule has 0 amide bonds. The van der Waals surface area contributed by atoms with Gasteiger partial charge in [-0.05, 0) is 30.7 Å². The first-order valence-corrected chi connectivity index (χ1v) is 9.93. The van der Waals surface area contributed by atoms with Crippen LogP contribution in [0.3, 0.4) is 0 Å². The monoisotopic (exact) mass is 403 g/mol. The van der Waals surface area contributed by atoms with Crippen LogP contribution >= 0.6 is 0 Å². The highest BCUT2D eigenvalue weighted by atomic mass is 32.2. The minimum Gasteiger partial charge on any atom is -0.478 e. The van der Waals surface area contributed by atoms with Crippen LogP contribution in [0.5, 0.6) is 0 Å². The van der Waals surface area contributed by atoms with Gasteiger partial charge in [0.1, 0.15) is 11.4 Å². The van der Waals surface area contributed by atoms with Gasteiger partial charge in [0.25, 0.3) is 0 Å². The lowest BCUT2D eigenvalue weighted by Crippen LogP contribution is -2.11. The molecule has 0 saturated heterocycles. The number of nitrogens with one attached hydrogen (secondary N) is 1. The van der Waals surface area contributed by atoms with Gasteiger partial charge in [-0.3, -0.25) is 9.00 Å². The quantitative estimate of drug-likeness (QED) is 0.628. The third-order valence-corrected chi connectivity index (χ3v) is 5.38. The van der Waals surface area contributed by atoms with E-state index >= 15 is 0 Å². The highest BCUT2D eigenvalue weighted by molar-refractivity contribution is 7.84. The van der Waals surface area contributed by atoms with Crippen LogP contribution in [0.2, 0.25) is 0 Å². The molecule has 0 aliphatic carbocycles. The van der Waals surface area contributed by atoms with Crippen LogP contribution < -0.4 is 10.7 Å². The van der Waals surface area contributed by atoms with Crippen LogP contribution in [0, 0.1) is 5.82 Å². The van der Waals surface area contributed by atoms with Crippen molar-refractivity contribution in [2.75, 3.05) is 17.6 Å². The molecule has 2 aromatic carbocycles. The lowest BCUT2D eigenvalue weighted by molar-refractivity contribution is 0.0698. The van der Waals surface area contributed by atoms with Gasteiger partial charge < -0.3 is 14.8 Å². The molecule has 1 atom stereocenters. The second kappa shape index (κ2) is 8.35. The number of hydrogen-bond acceptors (Lipinski definition) is 5. The summed E-state index contributed by atoms with van der Waals surface area (Å²) in [6, 6.07) is 9.93. The average Bonchev–Trinajstić information content (AvgIpc) is 2.68. The van der Waals surface area contributed by atoms with Crippen molar-refractivity contribution in [3.05, 3.63) is 69.6 Å². The van der Waals surface area contributed by atoms with Gasteiger partial charge in [-0.1, -0.05) is 19.1 Å². The third kappa shape index (κ3) is 4.12. The number of para-hydroxylation sites is 1. The molecule has 146 valence electrons. The summed E-state index contributed by atoms with van der Waals surface area (Å²) in [5, 5.41) is 12.4. The number of aromatic carboxylic acids is 1. The van der Waals surface area contributed by atoms with Gasteiger partial charge in [0.2, 0.25) is 0 Å². The molecular formula is C20H18FNO5S. The zero-order valence-corrected chi connectivity index (χ0v) is 15.8. The SMILES string of the molecule is CC[S@](=O)c1cc(=O)c2cc(F)cc(CCNc3ccccc3C(=O)O)c2o1. The predicted molar refractivity (Wildman–Crippen MR) is 105 cm³/mol.